The molecule has 36 heavy (non-hydrogen) atoms. The zero-order chi connectivity index (χ0) is 25.4. The number of rotatable bonds is 6. The van der Waals surface area contributed by atoms with E-state index in [2.05, 4.69) is 25.4 Å². The lowest BCUT2D eigenvalue weighted by Gasteiger charge is -2.38. The fourth-order valence-corrected chi connectivity index (χ4v) is 4.95. The summed E-state index contributed by atoms with van der Waals surface area (Å²) in [6.45, 7) is 5.86. The summed E-state index contributed by atoms with van der Waals surface area (Å²) in [5, 5.41) is 10.9. The van der Waals surface area contributed by atoms with E-state index in [1.54, 1.807) is 6.20 Å². The lowest BCUT2D eigenvalue weighted by Crippen LogP contribution is -2.48. The minimum Gasteiger partial charge on any atom is -0.372 e. The maximum absolute atomic E-state index is 13.8. The third-order valence-corrected chi connectivity index (χ3v) is 6.87. The average molecular weight is 502 g/mol. The van der Waals surface area contributed by atoms with Crippen LogP contribution in [0.3, 0.4) is 0 Å². The number of anilines is 2. The molecule has 0 radical (unpaired) electrons. The van der Waals surface area contributed by atoms with Gasteiger partial charge in [-0.05, 0) is 45.6 Å². The van der Waals surface area contributed by atoms with Crippen LogP contribution in [0, 0.1) is 5.92 Å². The van der Waals surface area contributed by atoms with E-state index in [1.165, 1.54) is 21.6 Å². The SMILES string of the molecule is CC1(C)CN(c2ccn3ncc(C(=O)Nc4cn(C5CCC(C=O)CC5)nc4C(F)F)c3n2)CCO1. The van der Waals surface area contributed by atoms with Gasteiger partial charge in [-0.2, -0.15) is 10.2 Å². The van der Waals surface area contributed by atoms with Gasteiger partial charge in [-0.15, -0.1) is 0 Å². The van der Waals surface area contributed by atoms with E-state index in [0.29, 0.717) is 56.8 Å². The minimum atomic E-state index is -2.86. The van der Waals surface area contributed by atoms with Crippen LogP contribution in [0.1, 0.15) is 68.0 Å². The molecule has 192 valence electrons. The highest BCUT2D eigenvalue weighted by molar-refractivity contribution is 6.08. The summed E-state index contributed by atoms with van der Waals surface area (Å²) in [6.07, 6.45) is 5.35. The molecule has 2 aliphatic rings. The van der Waals surface area contributed by atoms with Gasteiger partial charge in [0.25, 0.3) is 12.3 Å². The Labute approximate surface area is 206 Å². The van der Waals surface area contributed by atoms with E-state index < -0.39 is 18.0 Å². The Balaban J connectivity index is 1.38. The van der Waals surface area contributed by atoms with E-state index in [4.69, 9.17) is 4.74 Å². The number of nitrogens with one attached hydrogen (secondary N) is 1. The number of fused-ring (bicyclic) bond motifs is 1. The Morgan fingerprint density at radius 2 is 2.06 bits per heavy atom. The number of alkyl halides is 2. The average Bonchev–Trinajstić information content (AvgIpc) is 3.47. The summed E-state index contributed by atoms with van der Waals surface area (Å²) in [6, 6.07) is 1.73. The van der Waals surface area contributed by atoms with Gasteiger partial charge in [-0.1, -0.05) is 0 Å². The third-order valence-electron chi connectivity index (χ3n) is 6.87. The Morgan fingerprint density at radius 1 is 1.28 bits per heavy atom. The molecule has 1 saturated carbocycles. The number of ether oxygens (including phenoxy) is 1. The molecule has 3 aromatic rings. The van der Waals surface area contributed by atoms with Crippen molar-refractivity contribution >= 4 is 29.3 Å². The molecule has 1 amide bonds. The van der Waals surface area contributed by atoms with Crippen molar-refractivity contribution in [2.45, 2.75) is 57.6 Å². The first-order valence-corrected chi connectivity index (χ1v) is 12.1. The maximum atomic E-state index is 13.8. The topological polar surface area (TPSA) is 107 Å². The third kappa shape index (κ3) is 4.81. The van der Waals surface area contributed by atoms with Gasteiger partial charge in [-0.25, -0.2) is 18.3 Å². The van der Waals surface area contributed by atoms with Gasteiger partial charge in [0.15, 0.2) is 11.3 Å². The predicted molar refractivity (Wildman–Crippen MR) is 127 cm³/mol. The molecular formula is C24H29F2N7O3. The van der Waals surface area contributed by atoms with Crippen molar-refractivity contribution in [1.29, 1.82) is 0 Å². The predicted octanol–water partition coefficient (Wildman–Crippen LogP) is 3.66. The maximum Gasteiger partial charge on any atom is 0.284 e. The molecular weight excluding hydrogens is 472 g/mol. The first-order valence-electron chi connectivity index (χ1n) is 12.1. The molecule has 3 aromatic heterocycles. The fraction of sp³-hybridized carbons (Fsp3) is 0.542. The number of aromatic nitrogens is 5. The molecule has 0 atom stereocenters. The number of morpholine rings is 1. The molecule has 1 N–H and O–H groups in total. The van der Waals surface area contributed by atoms with Crippen molar-refractivity contribution in [1.82, 2.24) is 24.4 Å². The number of hydrogen-bond donors (Lipinski definition) is 1. The van der Waals surface area contributed by atoms with Gasteiger partial charge in [0.05, 0.1) is 30.1 Å². The van der Waals surface area contributed by atoms with Crippen molar-refractivity contribution in [3.05, 3.63) is 35.9 Å². The second kappa shape index (κ2) is 9.57. The molecule has 10 nitrogen and oxygen atoms in total. The van der Waals surface area contributed by atoms with Gasteiger partial charge in [-0.3, -0.25) is 9.48 Å². The second-order valence-electron chi connectivity index (χ2n) is 10.0. The summed E-state index contributed by atoms with van der Waals surface area (Å²) in [4.78, 5) is 30.9. The van der Waals surface area contributed by atoms with Gasteiger partial charge >= 0.3 is 0 Å². The fourth-order valence-electron chi connectivity index (χ4n) is 4.95. The summed E-state index contributed by atoms with van der Waals surface area (Å²) in [7, 11) is 0. The number of hydrogen-bond acceptors (Lipinski definition) is 7. The van der Waals surface area contributed by atoms with Crippen molar-refractivity contribution in [2.24, 2.45) is 5.92 Å². The van der Waals surface area contributed by atoms with Gasteiger partial charge in [0, 0.05) is 31.4 Å². The highest BCUT2D eigenvalue weighted by atomic mass is 19.3. The molecule has 0 aromatic carbocycles. The van der Waals surface area contributed by atoms with Gasteiger partial charge in [0.1, 0.15) is 17.7 Å². The van der Waals surface area contributed by atoms with Crippen LogP contribution in [-0.2, 0) is 9.53 Å². The summed E-state index contributed by atoms with van der Waals surface area (Å²) in [5.41, 5.74) is -0.360. The molecule has 0 unspecified atom stereocenters. The van der Waals surface area contributed by atoms with Crippen LogP contribution < -0.4 is 10.2 Å². The second-order valence-corrected chi connectivity index (χ2v) is 10.0. The Morgan fingerprint density at radius 3 is 2.75 bits per heavy atom. The minimum absolute atomic E-state index is 0.00195. The normalized spacial score (nSPS) is 22.2. The van der Waals surface area contributed by atoms with E-state index in [9.17, 15) is 18.4 Å². The molecule has 1 saturated heterocycles. The van der Waals surface area contributed by atoms with Crippen molar-refractivity contribution < 1.29 is 23.1 Å². The number of nitrogens with zero attached hydrogens (tertiary/aromatic N) is 6. The Hall–Kier alpha value is -3.41. The standard InChI is InChI=1S/C24H29F2N7O3/c1-24(2)14-31(9-10-36-24)19-7-8-32-22(29-19)17(11-27-32)23(35)28-18-12-33(30-20(18)21(25)26)16-5-3-15(13-34)4-6-16/h7-8,11-13,15-16,21H,3-6,9-10,14H2,1-2H3,(H,28,35). The van der Waals surface area contributed by atoms with Crippen LogP contribution in [0.4, 0.5) is 20.3 Å². The largest absolute Gasteiger partial charge is 0.372 e. The molecule has 0 bridgehead atoms. The van der Waals surface area contributed by atoms with Crippen LogP contribution in [0.2, 0.25) is 0 Å². The van der Waals surface area contributed by atoms with Crippen molar-refractivity contribution in [3.63, 3.8) is 0 Å². The van der Waals surface area contributed by atoms with Gasteiger partial charge < -0.3 is 19.7 Å². The van der Waals surface area contributed by atoms with E-state index in [0.717, 1.165) is 6.29 Å². The highest BCUT2D eigenvalue weighted by Crippen LogP contribution is 2.34. The summed E-state index contributed by atoms with van der Waals surface area (Å²) >= 11 is 0. The Kier molecular flexibility index (Phi) is 6.45. The molecule has 2 fully saturated rings. The van der Waals surface area contributed by atoms with E-state index in [1.807, 2.05) is 19.9 Å². The van der Waals surface area contributed by atoms with Gasteiger partial charge in [0.2, 0.25) is 0 Å². The quantitative estimate of drug-likeness (QED) is 0.514. The van der Waals surface area contributed by atoms with Crippen molar-refractivity contribution in [2.75, 3.05) is 29.9 Å². The number of carbonyl (C=O) groups is 2. The molecule has 0 spiro atoms. The lowest BCUT2D eigenvalue weighted by molar-refractivity contribution is -0.112. The first kappa shape index (κ1) is 24.3. The van der Waals surface area contributed by atoms with Crippen LogP contribution in [0.25, 0.3) is 5.65 Å². The highest BCUT2D eigenvalue weighted by Gasteiger charge is 2.29. The van der Waals surface area contributed by atoms with Crippen LogP contribution in [-0.4, -0.2) is 61.9 Å². The van der Waals surface area contributed by atoms with Crippen LogP contribution in [0.15, 0.2) is 24.7 Å². The number of carbonyl (C=O) groups excluding carboxylic acids is 2. The lowest BCUT2D eigenvalue weighted by atomic mass is 9.87. The zero-order valence-corrected chi connectivity index (χ0v) is 20.2. The molecule has 1 aliphatic carbocycles. The van der Waals surface area contributed by atoms with E-state index in [-0.39, 0.29) is 28.8 Å². The summed E-state index contributed by atoms with van der Waals surface area (Å²) < 4.78 is 36.3. The number of amides is 1. The molecule has 4 heterocycles. The van der Waals surface area contributed by atoms with Crippen LogP contribution in [0.5, 0.6) is 0 Å². The summed E-state index contributed by atoms with van der Waals surface area (Å²) in [5.74, 6) is 0.0885. The van der Waals surface area contributed by atoms with Crippen LogP contribution >= 0.6 is 0 Å². The monoisotopic (exact) mass is 501 g/mol. The zero-order valence-electron chi connectivity index (χ0n) is 20.2. The first-order chi connectivity index (χ1) is 17.2. The molecule has 12 heteroatoms. The smallest absolute Gasteiger partial charge is 0.284 e. The Bertz CT molecular complexity index is 1260. The van der Waals surface area contributed by atoms with E-state index >= 15 is 0 Å². The number of aldehydes is 1. The molecule has 5 rings (SSSR count). The van der Waals surface area contributed by atoms with Crippen molar-refractivity contribution in [3.8, 4) is 0 Å². The molecule has 1 aliphatic heterocycles. The number of halogens is 2.